The minimum atomic E-state index is 0.988. The molecular weight excluding hydrogens is 378 g/mol. The van der Waals surface area contributed by atoms with Crippen molar-refractivity contribution in [2.24, 2.45) is 0 Å². The molecule has 6 aromatic rings. The minimum Gasteiger partial charge on any atom is -0.298 e. The molecule has 2 aliphatic carbocycles. The number of pyridine rings is 2. The summed E-state index contributed by atoms with van der Waals surface area (Å²) in [7, 11) is 0. The zero-order valence-electron chi connectivity index (χ0n) is 16.8. The molecule has 3 heteroatoms. The molecule has 144 valence electrons. The molecule has 3 nitrogen and oxygen atoms in total. The van der Waals surface area contributed by atoms with E-state index < -0.39 is 0 Å². The molecule has 0 bridgehead atoms. The SMILES string of the molecule is c1ccc2c(c1)Cc1cc3c(cc1-2)Cc1ccc2c(c1-3)c1ccncc1n1ccnc21. The van der Waals surface area contributed by atoms with Crippen LogP contribution in [0.15, 0.2) is 79.4 Å². The third kappa shape index (κ3) is 1.89. The largest absolute Gasteiger partial charge is 0.298 e. The number of fused-ring (bicyclic) bond motifs is 13. The second-order valence-corrected chi connectivity index (χ2v) is 8.71. The van der Waals surface area contributed by atoms with Crippen molar-refractivity contribution in [1.82, 2.24) is 14.4 Å². The van der Waals surface area contributed by atoms with Crippen molar-refractivity contribution >= 4 is 27.3 Å². The van der Waals surface area contributed by atoms with Gasteiger partial charge in [-0.15, -0.1) is 0 Å². The van der Waals surface area contributed by atoms with E-state index in [1.165, 1.54) is 60.7 Å². The van der Waals surface area contributed by atoms with Crippen molar-refractivity contribution in [3.8, 4) is 22.3 Å². The number of nitrogens with zero attached hydrogens (tertiary/aromatic N) is 3. The van der Waals surface area contributed by atoms with Gasteiger partial charge in [0.05, 0.1) is 11.7 Å². The number of rotatable bonds is 0. The Morgan fingerprint density at radius 2 is 1.58 bits per heavy atom. The molecule has 0 atom stereocenters. The highest BCUT2D eigenvalue weighted by Gasteiger charge is 2.27. The Balaban J connectivity index is 1.51. The van der Waals surface area contributed by atoms with Crippen LogP contribution in [0, 0.1) is 0 Å². The van der Waals surface area contributed by atoms with Gasteiger partial charge in [0.25, 0.3) is 0 Å². The fourth-order valence-corrected chi connectivity index (χ4v) is 5.87. The van der Waals surface area contributed by atoms with Crippen molar-refractivity contribution in [3.05, 3.63) is 102 Å². The first-order valence-corrected chi connectivity index (χ1v) is 10.8. The van der Waals surface area contributed by atoms with Crippen molar-refractivity contribution in [3.63, 3.8) is 0 Å². The van der Waals surface area contributed by atoms with Crippen LogP contribution in [0.2, 0.25) is 0 Å². The van der Waals surface area contributed by atoms with E-state index in [1.807, 2.05) is 24.8 Å². The van der Waals surface area contributed by atoms with Gasteiger partial charge in [0.2, 0.25) is 0 Å². The first-order chi connectivity index (χ1) is 15.4. The van der Waals surface area contributed by atoms with Crippen molar-refractivity contribution in [2.45, 2.75) is 12.8 Å². The van der Waals surface area contributed by atoms with E-state index >= 15 is 0 Å². The van der Waals surface area contributed by atoms with Gasteiger partial charge in [0.1, 0.15) is 5.65 Å². The number of imidazole rings is 1. The highest BCUT2D eigenvalue weighted by atomic mass is 15.0. The Hall–Kier alpha value is -3.98. The zero-order valence-corrected chi connectivity index (χ0v) is 16.8. The monoisotopic (exact) mass is 395 g/mol. The summed E-state index contributed by atoms with van der Waals surface area (Å²) < 4.78 is 2.16. The Labute approximate surface area is 178 Å². The van der Waals surface area contributed by atoms with Gasteiger partial charge < -0.3 is 0 Å². The van der Waals surface area contributed by atoms with Gasteiger partial charge in [-0.25, -0.2) is 4.98 Å². The molecule has 0 aliphatic heterocycles. The lowest BCUT2D eigenvalue weighted by atomic mass is 9.93. The highest BCUT2D eigenvalue weighted by Crippen LogP contribution is 2.48. The van der Waals surface area contributed by atoms with Gasteiger partial charge in [-0.3, -0.25) is 9.38 Å². The van der Waals surface area contributed by atoms with Crippen LogP contribution in [-0.4, -0.2) is 14.4 Å². The molecule has 0 unspecified atom stereocenters. The van der Waals surface area contributed by atoms with Crippen LogP contribution in [0.5, 0.6) is 0 Å². The number of aromatic nitrogens is 3. The molecule has 0 saturated carbocycles. The number of hydrogen-bond acceptors (Lipinski definition) is 2. The summed E-state index contributed by atoms with van der Waals surface area (Å²) in [6, 6.07) is 20.4. The molecule has 31 heavy (non-hydrogen) atoms. The molecule has 0 N–H and O–H groups in total. The summed E-state index contributed by atoms with van der Waals surface area (Å²) in [6.45, 7) is 0. The third-order valence-electron chi connectivity index (χ3n) is 7.17. The average Bonchev–Trinajstić information content (AvgIpc) is 3.52. The van der Waals surface area contributed by atoms with Crippen LogP contribution in [0.3, 0.4) is 0 Å². The summed E-state index contributed by atoms with van der Waals surface area (Å²) in [5, 5.41) is 3.76. The van der Waals surface area contributed by atoms with Crippen LogP contribution in [0.1, 0.15) is 22.3 Å². The van der Waals surface area contributed by atoms with E-state index in [4.69, 9.17) is 4.98 Å². The second-order valence-electron chi connectivity index (χ2n) is 8.71. The molecule has 3 heterocycles. The minimum absolute atomic E-state index is 0.988. The fourth-order valence-electron chi connectivity index (χ4n) is 5.87. The van der Waals surface area contributed by atoms with E-state index in [9.17, 15) is 0 Å². The Morgan fingerprint density at radius 3 is 2.58 bits per heavy atom. The molecule has 0 saturated heterocycles. The normalized spacial score (nSPS) is 13.5. The Kier molecular flexibility index (Phi) is 2.74. The van der Waals surface area contributed by atoms with Crippen LogP contribution in [0.25, 0.3) is 49.6 Å². The summed E-state index contributed by atoms with van der Waals surface area (Å²) in [5.74, 6) is 0. The number of benzene rings is 3. The molecular formula is C28H17N3. The maximum absolute atomic E-state index is 4.70. The van der Waals surface area contributed by atoms with Crippen molar-refractivity contribution in [2.75, 3.05) is 0 Å². The van der Waals surface area contributed by atoms with Gasteiger partial charge >= 0.3 is 0 Å². The van der Waals surface area contributed by atoms with Crippen molar-refractivity contribution < 1.29 is 0 Å². The standard InChI is InChI=1S/C28H17N3/c1-2-4-20-16(3-1)11-18-14-24-19(13-23(18)20)12-17-5-6-22-27(26(17)24)21-7-8-29-15-25(21)31-10-9-30-28(22)31/h1-10,13-15H,11-12H2. The van der Waals surface area contributed by atoms with Gasteiger partial charge in [-0.1, -0.05) is 36.4 Å². The maximum Gasteiger partial charge on any atom is 0.145 e. The molecule has 0 spiro atoms. The molecule has 3 aromatic carbocycles. The lowest BCUT2D eigenvalue weighted by molar-refractivity contribution is 1.23. The predicted octanol–water partition coefficient (Wildman–Crippen LogP) is 6.18. The predicted molar refractivity (Wildman–Crippen MR) is 124 cm³/mol. The van der Waals surface area contributed by atoms with Crippen LogP contribution >= 0.6 is 0 Å². The maximum atomic E-state index is 4.70. The lowest BCUT2D eigenvalue weighted by Gasteiger charge is -2.13. The van der Waals surface area contributed by atoms with E-state index in [0.717, 1.165) is 24.0 Å². The summed E-state index contributed by atoms with van der Waals surface area (Å²) in [5.41, 5.74) is 13.4. The van der Waals surface area contributed by atoms with E-state index in [0.29, 0.717) is 0 Å². The van der Waals surface area contributed by atoms with E-state index in [-0.39, 0.29) is 0 Å². The van der Waals surface area contributed by atoms with E-state index in [1.54, 1.807) is 0 Å². The lowest BCUT2D eigenvalue weighted by Crippen LogP contribution is -1.93. The molecule has 0 amide bonds. The van der Waals surface area contributed by atoms with Crippen molar-refractivity contribution in [1.29, 1.82) is 0 Å². The Bertz CT molecular complexity index is 1740. The van der Waals surface area contributed by atoms with Gasteiger partial charge in [-0.2, -0.15) is 0 Å². The van der Waals surface area contributed by atoms with E-state index in [2.05, 4.69) is 64.0 Å². The summed E-state index contributed by atoms with van der Waals surface area (Å²) >= 11 is 0. The van der Waals surface area contributed by atoms with Gasteiger partial charge in [0.15, 0.2) is 0 Å². The first-order valence-electron chi connectivity index (χ1n) is 10.8. The topological polar surface area (TPSA) is 30.2 Å². The first kappa shape index (κ1) is 15.8. The molecule has 3 aromatic heterocycles. The molecule has 0 fully saturated rings. The number of hydrogen-bond donors (Lipinski definition) is 0. The smallest absolute Gasteiger partial charge is 0.145 e. The highest BCUT2D eigenvalue weighted by molar-refractivity contribution is 6.19. The van der Waals surface area contributed by atoms with Crippen LogP contribution in [-0.2, 0) is 12.8 Å². The van der Waals surface area contributed by atoms with Gasteiger partial charge in [-0.05, 0) is 75.5 Å². The molecule has 0 radical (unpaired) electrons. The summed E-state index contributed by atoms with van der Waals surface area (Å²) in [4.78, 5) is 9.11. The van der Waals surface area contributed by atoms with Crippen LogP contribution in [0.4, 0.5) is 0 Å². The third-order valence-corrected chi connectivity index (χ3v) is 7.17. The summed E-state index contributed by atoms with van der Waals surface area (Å²) in [6.07, 6.45) is 9.78. The fraction of sp³-hybridized carbons (Fsp3) is 0.0714. The Morgan fingerprint density at radius 1 is 0.710 bits per heavy atom. The average molecular weight is 395 g/mol. The van der Waals surface area contributed by atoms with Gasteiger partial charge in [0, 0.05) is 34.7 Å². The zero-order chi connectivity index (χ0) is 20.1. The quantitative estimate of drug-likeness (QED) is 0.287. The molecule has 8 rings (SSSR count). The second kappa shape index (κ2) is 5.38. The molecule has 2 aliphatic rings. The van der Waals surface area contributed by atoms with Crippen LogP contribution < -0.4 is 0 Å².